The molecule has 4 heteroatoms. The van der Waals surface area contributed by atoms with E-state index in [0.29, 0.717) is 25.9 Å². The zero-order valence-electron chi connectivity index (χ0n) is 12.5. The molecule has 0 amide bonds. The number of ether oxygens (including phenoxy) is 2. The predicted molar refractivity (Wildman–Crippen MR) is 82.8 cm³/mol. The molecule has 4 nitrogen and oxygen atoms in total. The molecule has 1 aromatic carbocycles. The number of hydrogen-bond donors (Lipinski definition) is 2. The van der Waals surface area contributed by atoms with E-state index in [1.54, 1.807) is 0 Å². The highest BCUT2D eigenvalue weighted by Gasteiger charge is 2.39. The van der Waals surface area contributed by atoms with Gasteiger partial charge in [0.25, 0.3) is 0 Å². The number of anilines is 1. The molecule has 2 fully saturated rings. The minimum Gasteiger partial charge on any atom is -0.493 e. The van der Waals surface area contributed by atoms with Gasteiger partial charge in [-0.3, -0.25) is 0 Å². The van der Waals surface area contributed by atoms with E-state index in [0.717, 1.165) is 11.4 Å². The van der Waals surface area contributed by atoms with Gasteiger partial charge in [0, 0.05) is 11.7 Å². The Bertz CT molecular complexity index is 430. The Morgan fingerprint density at radius 3 is 2.43 bits per heavy atom. The lowest BCUT2D eigenvalue weighted by molar-refractivity contribution is -0.153. The van der Waals surface area contributed by atoms with Crippen LogP contribution in [0.3, 0.4) is 0 Å². The van der Waals surface area contributed by atoms with E-state index in [-0.39, 0.29) is 12.0 Å². The Labute approximate surface area is 126 Å². The second kappa shape index (κ2) is 6.67. The molecule has 2 aliphatic rings. The molecule has 1 aromatic rings. The van der Waals surface area contributed by atoms with Gasteiger partial charge < -0.3 is 19.9 Å². The van der Waals surface area contributed by atoms with Crippen molar-refractivity contribution in [1.82, 2.24) is 0 Å². The van der Waals surface area contributed by atoms with Gasteiger partial charge in [-0.15, -0.1) is 0 Å². The van der Waals surface area contributed by atoms with Crippen molar-refractivity contribution in [3.63, 3.8) is 0 Å². The van der Waals surface area contributed by atoms with Crippen LogP contribution in [0.25, 0.3) is 0 Å². The third-order valence-electron chi connectivity index (χ3n) is 4.53. The zero-order chi connectivity index (χ0) is 14.5. The second-order valence-corrected chi connectivity index (χ2v) is 6.44. The molecule has 0 spiro atoms. The molecule has 0 atom stereocenters. The minimum absolute atomic E-state index is 0.119. The Balaban J connectivity index is 1.49. The Morgan fingerprint density at radius 1 is 1.14 bits per heavy atom. The maximum Gasteiger partial charge on any atom is 0.119 e. The molecular formula is C17H25NO3. The van der Waals surface area contributed by atoms with Crippen molar-refractivity contribution in [2.45, 2.75) is 38.1 Å². The van der Waals surface area contributed by atoms with Crippen LogP contribution in [-0.4, -0.2) is 37.6 Å². The maximum atomic E-state index is 9.37. The van der Waals surface area contributed by atoms with Gasteiger partial charge in [-0.2, -0.15) is 0 Å². The lowest BCUT2D eigenvalue weighted by Gasteiger charge is -2.39. The summed E-state index contributed by atoms with van der Waals surface area (Å²) in [6.07, 6.45) is 6.60. The average molecular weight is 291 g/mol. The number of rotatable bonds is 6. The largest absolute Gasteiger partial charge is 0.493 e. The van der Waals surface area contributed by atoms with Crippen LogP contribution in [0.1, 0.15) is 32.1 Å². The van der Waals surface area contributed by atoms with Gasteiger partial charge in [-0.05, 0) is 37.1 Å². The normalized spacial score (nSPS) is 21.6. The molecule has 0 aromatic heterocycles. The number of aliphatic hydroxyl groups is 1. The summed E-state index contributed by atoms with van der Waals surface area (Å²) in [5, 5.41) is 13.0. The lowest BCUT2D eigenvalue weighted by atomic mass is 9.88. The van der Waals surface area contributed by atoms with Crippen molar-refractivity contribution in [2.75, 3.05) is 31.7 Å². The van der Waals surface area contributed by atoms with Gasteiger partial charge in [0.05, 0.1) is 25.2 Å². The van der Waals surface area contributed by atoms with Crippen LogP contribution in [0, 0.1) is 5.41 Å². The first-order valence-electron chi connectivity index (χ1n) is 7.98. The minimum atomic E-state index is -0.195. The van der Waals surface area contributed by atoms with Crippen molar-refractivity contribution in [2.24, 2.45) is 5.41 Å². The van der Waals surface area contributed by atoms with E-state index < -0.39 is 0 Å². The fraction of sp³-hybridized carbons (Fsp3) is 0.647. The molecule has 116 valence electrons. The van der Waals surface area contributed by atoms with Crippen LogP contribution in [0.15, 0.2) is 24.3 Å². The van der Waals surface area contributed by atoms with Gasteiger partial charge >= 0.3 is 0 Å². The average Bonchev–Trinajstić information content (AvgIpc) is 2.49. The molecule has 0 bridgehead atoms. The van der Waals surface area contributed by atoms with Crippen LogP contribution in [-0.2, 0) is 4.74 Å². The van der Waals surface area contributed by atoms with Gasteiger partial charge in [0.2, 0.25) is 0 Å². The highest BCUT2D eigenvalue weighted by Crippen LogP contribution is 2.28. The molecule has 21 heavy (non-hydrogen) atoms. The van der Waals surface area contributed by atoms with E-state index in [1.165, 1.54) is 32.1 Å². The first-order chi connectivity index (χ1) is 10.3. The van der Waals surface area contributed by atoms with E-state index in [4.69, 9.17) is 9.47 Å². The first-order valence-corrected chi connectivity index (χ1v) is 7.98. The molecule has 2 N–H and O–H groups in total. The Kier molecular flexibility index (Phi) is 4.66. The lowest BCUT2D eigenvalue weighted by Crippen LogP contribution is -2.49. The van der Waals surface area contributed by atoms with Gasteiger partial charge in [-0.1, -0.05) is 19.3 Å². The number of benzene rings is 1. The molecule has 1 aliphatic carbocycles. The quantitative estimate of drug-likeness (QED) is 0.846. The monoisotopic (exact) mass is 291 g/mol. The van der Waals surface area contributed by atoms with Crippen molar-refractivity contribution >= 4 is 5.69 Å². The molecular weight excluding hydrogens is 266 g/mol. The topological polar surface area (TPSA) is 50.7 Å². The summed E-state index contributed by atoms with van der Waals surface area (Å²) in [6.45, 7) is 1.81. The van der Waals surface area contributed by atoms with E-state index in [2.05, 4.69) is 17.4 Å². The molecule has 1 saturated carbocycles. The van der Waals surface area contributed by atoms with Gasteiger partial charge in [0.15, 0.2) is 0 Å². The van der Waals surface area contributed by atoms with Crippen LogP contribution in [0.5, 0.6) is 5.75 Å². The second-order valence-electron chi connectivity index (χ2n) is 6.44. The SMILES string of the molecule is OCC1(COc2ccc(NC3CCCCC3)cc2)COC1. The third kappa shape index (κ3) is 3.69. The molecule has 0 radical (unpaired) electrons. The zero-order valence-corrected chi connectivity index (χ0v) is 12.5. The fourth-order valence-corrected chi connectivity index (χ4v) is 2.98. The Morgan fingerprint density at radius 2 is 1.86 bits per heavy atom. The van der Waals surface area contributed by atoms with Crippen LogP contribution >= 0.6 is 0 Å². The summed E-state index contributed by atoms with van der Waals surface area (Å²) in [5.74, 6) is 0.851. The maximum absolute atomic E-state index is 9.37. The molecule has 1 heterocycles. The van der Waals surface area contributed by atoms with Crippen LogP contribution < -0.4 is 10.1 Å². The van der Waals surface area contributed by atoms with Crippen molar-refractivity contribution < 1.29 is 14.6 Å². The van der Waals surface area contributed by atoms with Gasteiger partial charge in [-0.25, -0.2) is 0 Å². The van der Waals surface area contributed by atoms with Crippen molar-refractivity contribution in [1.29, 1.82) is 0 Å². The summed E-state index contributed by atoms with van der Waals surface area (Å²) in [7, 11) is 0. The number of nitrogens with one attached hydrogen (secondary N) is 1. The molecule has 3 rings (SSSR count). The van der Waals surface area contributed by atoms with Crippen LogP contribution in [0.2, 0.25) is 0 Å². The summed E-state index contributed by atoms with van der Waals surface area (Å²) in [4.78, 5) is 0. The van der Waals surface area contributed by atoms with E-state index >= 15 is 0 Å². The first kappa shape index (κ1) is 14.7. The predicted octanol–water partition coefficient (Wildman–Crippen LogP) is 2.82. The highest BCUT2D eigenvalue weighted by atomic mass is 16.5. The number of hydrogen-bond acceptors (Lipinski definition) is 4. The molecule has 1 saturated heterocycles. The van der Waals surface area contributed by atoms with Gasteiger partial charge in [0.1, 0.15) is 12.4 Å². The van der Waals surface area contributed by atoms with E-state index in [1.807, 2.05) is 12.1 Å². The van der Waals surface area contributed by atoms with E-state index in [9.17, 15) is 5.11 Å². The van der Waals surface area contributed by atoms with Crippen molar-refractivity contribution in [3.05, 3.63) is 24.3 Å². The third-order valence-corrected chi connectivity index (χ3v) is 4.53. The number of aliphatic hydroxyl groups excluding tert-OH is 1. The molecule has 1 aliphatic heterocycles. The Hall–Kier alpha value is -1.26. The van der Waals surface area contributed by atoms with Crippen molar-refractivity contribution in [3.8, 4) is 5.75 Å². The van der Waals surface area contributed by atoms with Crippen LogP contribution in [0.4, 0.5) is 5.69 Å². The summed E-state index contributed by atoms with van der Waals surface area (Å²) in [6, 6.07) is 8.76. The summed E-state index contributed by atoms with van der Waals surface area (Å²) < 4.78 is 11.0. The molecule has 0 unspecified atom stereocenters. The fourth-order valence-electron chi connectivity index (χ4n) is 2.98. The smallest absolute Gasteiger partial charge is 0.119 e. The summed E-state index contributed by atoms with van der Waals surface area (Å²) in [5.41, 5.74) is 0.969. The highest BCUT2D eigenvalue weighted by molar-refractivity contribution is 5.47. The standard InChI is InChI=1S/C17H25NO3/c19-10-17(11-20-12-17)13-21-16-8-6-15(7-9-16)18-14-4-2-1-3-5-14/h6-9,14,18-19H,1-5,10-13H2. The summed E-state index contributed by atoms with van der Waals surface area (Å²) >= 11 is 0.